The molecule has 0 saturated carbocycles. The van der Waals surface area contributed by atoms with E-state index in [4.69, 9.17) is 0 Å². The molecule has 3 rings (SSSR count). The number of benzene rings is 2. The molecule has 1 amide bonds. The number of piperazine rings is 1. The third-order valence-corrected chi connectivity index (χ3v) is 8.26. The van der Waals surface area contributed by atoms with Gasteiger partial charge in [-0.15, -0.1) is 0 Å². The topological polar surface area (TPSA) is 73.0 Å². The van der Waals surface area contributed by atoms with Crippen LogP contribution in [0.15, 0.2) is 41.3 Å². The third kappa shape index (κ3) is 6.13. The number of nitrogens with zero attached hydrogens (tertiary/aromatic N) is 3. The Bertz CT molecular complexity index is 1090. The van der Waals surface area contributed by atoms with Crippen LogP contribution >= 0.6 is 0 Å². The first-order chi connectivity index (χ1) is 15.6. The van der Waals surface area contributed by atoms with Crippen LogP contribution in [0.25, 0.3) is 0 Å². The van der Waals surface area contributed by atoms with Crippen LogP contribution in [0.5, 0.6) is 0 Å². The summed E-state index contributed by atoms with van der Waals surface area (Å²) in [6.45, 7) is 11.2. The Hall–Kier alpha value is -2.42. The Balaban J connectivity index is 1.49. The fourth-order valence-corrected chi connectivity index (χ4v) is 5.30. The average molecular weight is 473 g/mol. The lowest BCUT2D eigenvalue weighted by atomic mass is 10.1. The first-order valence-corrected chi connectivity index (χ1v) is 12.9. The summed E-state index contributed by atoms with van der Waals surface area (Å²) >= 11 is 0. The fraction of sp³-hybridized carbons (Fsp3) is 0.480. The largest absolute Gasteiger partial charge is 0.369 e. The molecule has 1 fully saturated rings. The monoisotopic (exact) mass is 472 g/mol. The van der Waals surface area contributed by atoms with E-state index in [1.165, 1.54) is 35.7 Å². The molecule has 0 bridgehead atoms. The van der Waals surface area contributed by atoms with E-state index in [1.54, 1.807) is 13.0 Å². The quantitative estimate of drug-likeness (QED) is 0.598. The molecule has 1 saturated heterocycles. The van der Waals surface area contributed by atoms with Crippen LogP contribution in [0.4, 0.5) is 5.69 Å². The summed E-state index contributed by atoms with van der Waals surface area (Å²) in [5.41, 5.74) is 4.40. The SMILES string of the molecule is Cc1cccc(N2CCN(CCCNC(=O)c3cc(C)c(C)c(S(=O)(=O)N(C)C)c3)CC2)c1. The van der Waals surface area contributed by atoms with Crippen molar-refractivity contribution in [2.45, 2.75) is 32.1 Å². The second kappa shape index (κ2) is 10.7. The molecule has 0 aliphatic carbocycles. The summed E-state index contributed by atoms with van der Waals surface area (Å²) in [6.07, 6.45) is 0.851. The molecule has 2 aromatic rings. The van der Waals surface area contributed by atoms with Crippen molar-refractivity contribution < 1.29 is 13.2 Å². The van der Waals surface area contributed by atoms with Gasteiger partial charge in [0, 0.05) is 58.1 Å². The summed E-state index contributed by atoms with van der Waals surface area (Å²) in [7, 11) is -0.615. The van der Waals surface area contributed by atoms with Crippen LogP contribution in [0.3, 0.4) is 0 Å². The normalized spacial score (nSPS) is 15.2. The van der Waals surface area contributed by atoms with Gasteiger partial charge in [-0.05, 0) is 74.7 Å². The molecule has 2 aromatic carbocycles. The maximum absolute atomic E-state index is 12.7. The molecule has 0 atom stereocenters. The first-order valence-electron chi connectivity index (χ1n) is 11.5. The molecule has 0 aromatic heterocycles. The summed E-state index contributed by atoms with van der Waals surface area (Å²) in [5, 5.41) is 2.95. The van der Waals surface area contributed by atoms with Gasteiger partial charge in [-0.1, -0.05) is 12.1 Å². The van der Waals surface area contributed by atoms with Crippen molar-refractivity contribution in [1.29, 1.82) is 0 Å². The van der Waals surface area contributed by atoms with Crippen LogP contribution in [-0.2, 0) is 10.0 Å². The van der Waals surface area contributed by atoms with E-state index in [0.717, 1.165) is 44.7 Å². The molecule has 1 aliphatic heterocycles. The highest BCUT2D eigenvalue weighted by Gasteiger charge is 2.23. The van der Waals surface area contributed by atoms with Gasteiger partial charge in [0.15, 0.2) is 0 Å². The van der Waals surface area contributed by atoms with Gasteiger partial charge in [0.2, 0.25) is 10.0 Å². The molecule has 1 aliphatic rings. The van der Waals surface area contributed by atoms with Crippen LogP contribution in [-0.4, -0.2) is 76.9 Å². The number of carbonyl (C=O) groups excluding carboxylic acids is 1. The molecule has 180 valence electrons. The number of amides is 1. The van der Waals surface area contributed by atoms with Crippen LogP contribution in [0.1, 0.15) is 33.5 Å². The van der Waals surface area contributed by atoms with Crippen molar-refractivity contribution in [2.24, 2.45) is 0 Å². The summed E-state index contributed by atoms with van der Waals surface area (Å²) < 4.78 is 26.4. The molecular formula is C25H36N4O3S. The van der Waals surface area contributed by atoms with Crippen molar-refractivity contribution in [2.75, 3.05) is 58.3 Å². The van der Waals surface area contributed by atoms with Gasteiger partial charge in [0.1, 0.15) is 0 Å². The molecule has 0 radical (unpaired) electrons. The van der Waals surface area contributed by atoms with E-state index >= 15 is 0 Å². The van der Waals surface area contributed by atoms with E-state index in [9.17, 15) is 13.2 Å². The van der Waals surface area contributed by atoms with E-state index < -0.39 is 10.0 Å². The van der Waals surface area contributed by atoms with E-state index in [-0.39, 0.29) is 10.8 Å². The van der Waals surface area contributed by atoms with Crippen molar-refractivity contribution in [3.63, 3.8) is 0 Å². The zero-order valence-corrected chi connectivity index (χ0v) is 21.2. The zero-order valence-electron chi connectivity index (χ0n) is 20.4. The van der Waals surface area contributed by atoms with Gasteiger partial charge >= 0.3 is 0 Å². The van der Waals surface area contributed by atoms with Gasteiger partial charge in [-0.25, -0.2) is 12.7 Å². The van der Waals surface area contributed by atoms with Crippen LogP contribution in [0, 0.1) is 20.8 Å². The molecule has 0 unspecified atom stereocenters. The van der Waals surface area contributed by atoms with Gasteiger partial charge in [0.25, 0.3) is 5.91 Å². The van der Waals surface area contributed by atoms with Crippen LogP contribution < -0.4 is 10.2 Å². The number of hydrogen-bond acceptors (Lipinski definition) is 5. The highest BCUT2D eigenvalue weighted by Crippen LogP contribution is 2.23. The number of anilines is 1. The van der Waals surface area contributed by atoms with Crippen LogP contribution in [0.2, 0.25) is 0 Å². The minimum Gasteiger partial charge on any atom is -0.369 e. The number of aryl methyl sites for hydroxylation is 2. The highest BCUT2D eigenvalue weighted by molar-refractivity contribution is 7.89. The van der Waals surface area contributed by atoms with Crippen molar-refractivity contribution in [3.05, 3.63) is 58.7 Å². The zero-order chi connectivity index (χ0) is 24.2. The maximum atomic E-state index is 12.7. The van der Waals surface area contributed by atoms with E-state index in [0.29, 0.717) is 17.7 Å². The van der Waals surface area contributed by atoms with Gasteiger partial charge < -0.3 is 10.2 Å². The minimum absolute atomic E-state index is 0.184. The molecule has 33 heavy (non-hydrogen) atoms. The average Bonchev–Trinajstić information content (AvgIpc) is 2.78. The van der Waals surface area contributed by atoms with Gasteiger partial charge in [-0.3, -0.25) is 9.69 Å². The molecule has 1 N–H and O–H groups in total. The summed E-state index contributed by atoms with van der Waals surface area (Å²) in [4.78, 5) is 17.7. The Morgan fingerprint density at radius 2 is 1.73 bits per heavy atom. The number of sulfonamides is 1. The Labute approximate surface area is 198 Å². The van der Waals surface area contributed by atoms with Gasteiger partial charge in [-0.2, -0.15) is 0 Å². The number of hydrogen-bond donors (Lipinski definition) is 1. The maximum Gasteiger partial charge on any atom is 0.251 e. The molecule has 0 spiro atoms. The number of nitrogens with one attached hydrogen (secondary N) is 1. The summed E-state index contributed by atoms with van der Waals surface area (Å²) in [6, 6.07) is 11.9. The molecular weight excluding hydrogens is 436 g/mol. The second-order valence-electron chi connectivity index (χ2n) is 8.98. The third-order valence-electron chi connectivity index (χ3n) is 6.32. The van der Waals surface area contributed by atoms with Crippen molar-refractivity contribution >= 4 is 21.6 Å². The molecule has 7 nitrogen and oxygen atoms in total. The fourth-order valence-electron chi connectivity index (χ4n) is 4.08. The minimum atomic E-state index is -3.61. The number of rotatable bonds is 8. The lowest BCUT2D eigenvalue weighted by Crippen LogP contribution is -2.47. The predicted molar refractivity (Wildman–Crippen MR) is 134 cm³/mol. The second-order valence-corrected chi connectivity index (χ2v) is 11.1. The van der Waals surface area contributed by atoms with Crippen molar-refractivity contribution in [1.82, 2.24) is 14.5 Å². The summed E-state index contributed by atoms with van der Waals surface area (Å²) in [5.74, 6) is -0.238. The van der Waals surface area contributed by atoms with E-state index in [1.807, 2.05) is 6.92 Å². The lowest BCUT2D eigenvalue weighted by Gasteiger charge is -2.36. The first kappa shape index (κ1) is 25.2. The van der Waals surface area contributed by atoms with Crippen molar-refractivity contribution in [3.8, 4) is 0 Å². The Kier molecular flexibility index (Phi) is 8.15. The lowest BCUT2D eigenvalue weighted by molar-refractivity contribution is 0.0951. The predicted octanol–water partition coefficient (Wildman–Crippen LogP) is 2.80. The Morgan fingerprint density at radius 1 is 1.03 bits per heavy atom. The standard InChI is InChI=1S/C25H36N4O3S/c1-19-8-6-9-23(16-19)29-14-12-28(13-15-29)11-7-10-26-25(30)22-17-20(2)21(3)24(18-22)33(31,32)27(4)5/h6,8-9,16-18H,7,10-15H2,1-5H3,(H,26,30). The smallest absolute Gasteiger partial charge is 0.251 e. The highest BCUT2D eigenvalue weighted by atomic mass is 32.2. The molecule has 1 heterocycles. The van der Waals surface area contributed by atoms with Gasteiger partial charge in [0.05, 0.1) is 4.90 Å². The molecule has 8 heteroatoms. The van der Waals surface area contributed by atoms with E-state index in [2.05, 4.69) is 46.3 Å². The number of carbonyl (C=O) groups is 1. The Morgan fingerprint density at radius 3 is 2.36 bits per heavy atom.